The molecule has 1 aromatic carbocycles. The summed E-state index contributed by atoms with van der Waals surface area (Å²) in [5, 5.41) is 22.7. The van der Waals surface area contributed by atoms with Gasteiger partial charge in [-0.15, -0.1) is 0 Å². The number of anilines is 2. The zero-order valence-corrected chi connectivity index (χ0v) is 16.8. The lowest BCUT2D eigenvalue weighted by atomic mass is 9.73. The number of hydrogen-bond acceptors (Lipinski definition) is 6. The molecule has 1 atom stereocenters. The van der Waals surface area contributed by atoms with Crippen LogP contribution in [0.15, 0.2) is 29.5 Å². The Bertz CT molecular complexity index is 933. The SMILES string of the molecule is CC1(C#N)CC(=O)C2=C(C1)N(c1ccc(C#N)c(NC3CCOCC3)c1)CCC2. The number of carbonyl (C=O) groups is 1. The number of ether oxygens (including phenoxy) is 1. The van der Waals surface area contributed by atoms with E-state index in [1.807, 2.05) is 25.1 Å². The van der Waals surface area contributed by atoms with Crippen molar-refractivity contribution in [1.82, 2.24) is 0 Å². The van der Waals surface area contributed by atoms with Gasteiger partial charge >= 0.3 is 0 Å². The third kappa shape index (κ3) is 3.86. The third-order valence-electron chi connectivity index (χ3n) is 6.21. The summed E-state index contributed by atoms with van der Waals surface area (Å²) in [5.41, 5.74) is 3.63. The second-order valence-corrected chi connectivity index (χ2v) is 8.50. The quantitative estimate of drug-likeness (QED) is 0.842. The molecule has 1 saturated heterocycles. The maximum Gasteiger partial charge on any atom is 0.162 e. The first-order valence-corrected chi connectivity index (χ1v) is 10.4. The highest BCUT2D eigenvalue weighted by atomic mass is 16.5. The molecular formula is C23H26N4O2. The molecule has 0 bridgehead atoms. The fourth-order valence-corrected chi connectivity index (χ4v) is 4.59. The van der Waals surface area contributed by atoms with Crippen molar-refractivity contribution in [2.24, 2.45) is 5.41 Å². The van der Waals surface area contributed by atoms with Crippen LogP contribution in [0.1, 0.15) is 51.0 Å². The van der Waals surface area contributed by atoms with Gasteiger partial charge in [-0.25, -0.2) is 0 Å². The van der Waals surface area contributed by atoms with Gasteiger partial charge in [0.15, 0.2) is 5.78 Å². The number of allylic oxidation sites excluding steroid dienone is 2. The van der Waals surface area contributed by atoms with Crippen LogP contribution in [0.3, 0.4) is 0 Å². The molecule has 1 unspecified atom stereocenters. The summed E-state index contributed by atoms with van der Waals surface area (Å²) in [4.78, 5) is 14.9. The van der Waals surface area contributed by atoms with Gasteiger partial charge in [0.1, 0.15) is 6.07 Å². The molecule has 6 heteroatoms. The highest BCUT2D eigenvalue weighted by molar-refractivity contribution is 5.99. The highest BCUT2D eigenvalue weighted by Crippen LogP contribution is 2.43. The van der Waals surface area contributed by atoms with Gasteiger partial charge in [-0.3, -0.25) is 4.79 Å². The molecule has 0 spiro atoms. The second kappa shape index (κ2) is 7.89. The first-order chi connectivity index (χ1) is 14.0. The predicted octanol–water partition coefficient (Wildman–Crippen LogP) is 3.90. The van der Waals surface area contributed by atoms with E-state index in [-0.39, 0.29) is 5.78 Å². The van der Waals surface area contributed by atoms with Crippen molar-refractivity contribution in [3.63, 3.8) is 0 Å². The minimum Gasteiger partial charge on any atom is -0.381 e. The summed E-state index contributed by atoms with van der Waals surface area (Å²) in [6.45, 7) is 4.15. The van der Waals surface area contributed by atoms with E-state index in [0.29, 0.717) is 24.4 Å². The van der Waals surface area contributed by atoms with Crippen LogP contribution in [-0.4, -0.2) is 31.6 Å². The first-order valence-electron chi connectivity index (χ1n) is 10.4. The zero-order chi connectivity index (χ0) is 20.4. The molecule has 1 N–H and O–H groups in total. The van der Waals surface area contributed by atoms with Crippen LogP contribution in [0, 0.1) is 28.1 Å². The van der Waals surface area contributed by atoms with Gasteiger partial charge in [0.2, 0.25) is 0 Å². The van der Waals surface area contributed by atoms with Gasteiger partial charge in [-0.05, 0) is 50.8 Å². The standard InChI is InChI=1S/C23H26N4O2/c1-23(15-25)12-21-19(22(28)13-23)3-2-8-27(21)18-5-4-16(14-24)20(11-18)26-17-6-9-29-10-7-17/h4-5,11,17,26H,2-3,6-10,12-13H2,1H3. The van der Waals surface area contributed by atoms with Crippen LogP contribution in [0.5, 0.6) is 0 Å². The Morgan fingerprint density at radius 1 is 1.24 bits per heavy atom. The van der Waals surface area contributed by atoms with Crippen molar-refractivity contribution in [2.45, 2.75) is 51.5 Å². The Balaban J connectivity index is 1.67. The molecule has 0 saturated carbocycles. The number of Topliss-reactive ketones (excluding diaryl/α,β-unsaturated/α-hetero) is 1. The average Bonchev–Trinajstić information content (AvgIpc) is 2.74. The molecule has 150 valence electrons. The van der Waals surface area contributed by atoms with E-state index in [0.717, 1.165) is 68.1 Å². The molecule has 4 rings (SSSR count). The maximum atomic E-state index is 12.7. The zero-order valence-electron chi connectivity index (χ0n) is 16.8. The molecule has 0 aromatic heterocycles. The Kier molecular flexibility index (Phi) is 5.30. The Morgan fingerprint density at radius 2 is 2.03 bits per heavy atom. The Hall–Kier alpha value is -2.83. The summed E-state index contributed by atoms with van der Waals surface area (Å²) in [7, 11) is 0. The van der Waals surface area contributed by atoms with Crippen molar-refractivity contribution >= 4 is 17.2 Å². The molecule has 1 aromatic rings. The Labute approximate surface area is 171 Å². The van der Waals surface area contributed by atoms with Gasteiger partial charge in [-0.2, -0.15) is 10.5 Å². The monoisotopic (exact) mass is 390 g/mol. The van der Waals surface area contributed by atoms with Crippen LogP contribution in [0.2, 0.25) is 0 Å². The fraction of sp³-hybridized carbons (Fsp3) is 0.522. The van der Waals surface area contributed by atoms with Gasteiger partial charge in [0, 0.05) is 55.6 Å². The minimum atomic E-state index is -0.652. The van der Waals surface area contributed by atoms with Crippen molar-refractivity contribution in [3.05, 3.63) is 35.0 Å². The molecular weight excluding hydrogens is 364 g/mol. The van der Waals surface area contributed by atoms with E-state index < -0.39 is 5.41 Å². The number of rotatable bonds is 3. The molecule has 2 aliphatic heterocycles. The van der Waals surface area contributed by atoms with Crippen molar-refractivity contribution in [3.8, 4) is 12.1 Å². The van der Waals surface area contributed by atoms with E-state index in [2.05, 4.69) is 22.4 Å². The number of nitrogens with zero attached hydrogens (tertiary/aromatic N) is 3. The topological polar surface area (TPSA) is 89.2 Å². The van der Waals surface area contributed by atoms with Gasteiger partial charge in [0.25, 0.3) is 0 Å². The number of nitriles is 2. The summed E-state index contributed by atoms with van der Waals surface area (Å²) < 4.78 is 5.43. The number of nitrogens with one attached hydrogen (secondary N) is 1. The van der Waals surface area contributed by atoms with E-state index in [1.54, 1.807) is 0 Å². The third-order valence-corrected chi connectivity index (χ3v) is 6.21. The summed E-state index contributed by atoms with van der Waals surface area (Å²) in [6, 6.07) is 10.7. The van der Waals surface area contributed by atoms with E-state index in [9.17, 15) is 15.3 Å². The van der Waals surface area contributed by atoms with Crippen LogP contribution in [-0.2, 0) is 9.53 Å². The van der Waals surface area contributed by atoms with E-state index >= 15 is 0 Å². The lowest BCUT2D eigenvalue weighted by molar-refractivity contribution is -0.117. The lowest BCUT2D eigenvalue weighted by Gasteiger charge is -2.40. The minimum absolute atomic E-state index is 0.106. The smallest absolute Gasteiger partial charge is 0.162 e. The van der Waals surface area contributed by atoms with Crippen molar-refractivity contribution in [2.75, 3.05) is 30.0 Å². The van der Waals surface area contributed by atoms with Gasteiger partial charge < -0.3 is 15.0 Å². The van der Waals surface area contributed by atoms with E-state index in [1.165, 1.54) is 0 Å². The molecule has 1 fully saturated rings. The second-order valence-electron chi connectivity index (χ2n) is 8.50. The predicted molar refractivity (Wildman–Crippen MR) is 110 cm³/mol. The van der Waals surface area contributed by atoms with Crippen LogP contribution in [0.25, 0.3) is 0 Å². The average molecular weight is 390 g/mol. The molecule has 0 amide bonds. The molecule has 3 aliphatic rings. The number of benzene rings is 1. The largest absolute Gasteiger partial charge is 0.381 e. The van der Waals surface area contributed by atoms with Gasteiger partial charge in [-0.1, -0.05) is 0 Å². The van der Waals surface area contributed by atoms with E-state index in [4.69, 9.17) is 4.74 Å². The van der Waals surface area contributed by atoms with Crippen LogP contribution in [0.4, 0.5) is 11.4 Å². The van der Waals surface area contributed by atoms with Crippen LogP contribution >= 0.6 is 0 Å². The lowest BCUT2D eigenvalue weighted by Crippen LogP contribution is -2.38. The normalized spacial score (nSPS) is 25.2. The molecule has 1 aliphatic carbocycles. The summed E-state index contributed by atoms with van der Waals surface area (Å²) in [6.07, 6.45) is 4.44. The molecule has 29 heavy (non-hydrogen) atoms. The molecule has 6 nitrogen and oxygen atoms in total. The number of carbonyl (C=O) groups excluding carboxylic acids is 1. The van der Waals surface area contributed by atoms with Gasteiger partial charge in [0.05, 0.1) is 22.7 Å². The maximum absolute atomic E-state index is 12.7. The van der Waals surface area contributed by atoms with Crippen molar-refractivity contribution < 1.29 is 9.53 Å². The number of hydrogen-bond donors (Lipinski definition) is 1. The van der Waals surface area contributed by atoms with Crippen molar-refractivity contribution in [1.29, 1.82) is 10.5 Å². The first kappa shape index (κ1) is 19.5. The Morgan fingerprint density at radius 3 is 2.76 bits per heavy atom. The summed E-state index contributed by atoms with van der Waals surface area (Å²) >= 11 is 0. The molecule has 2 heterocycles. The van der Waals surface area contributed by atoms with Crippen LogP contribution < -0.4 is 10.2 Å². The highest BCUT2D eigenvalue weighted by Gasteiger charge is 2.40. The summed E-state index contributed by atoms with van der Waals surface area (Å²) in [5.74, 6) is 0.106. The number of ketones is 1. The molecule has 0 radical (unpaired) electrons. The fourth-order valence-electron chi connectivity index (χ4n) is 4.59.